The summed E-state index contributed by atoms with van der Waals surface area (Å²) < 4.78 is 12.9. The van der Waals surface area contributed by atoms with E-state index in [2.05, 4.69) is 72.5 Å². The zero-order valence-electron chi connectivity index (χ0n) is 29.2. The van der Waals surface area contributed by atoms with Gasteiger partial charge in [0.2, 0.25) is 0 Å². The normalized spacial score (nSPS) is 33.6. The van der Waals surface area contributed by atoms with E-state index in [4.69, 9.17) is 14.5 Å². The molecule has 3 fully saturated rings. The third kappa shape index (κ3) is 6.68. The van der Waals surface area contributed by atoms with E-state index in [0.29, 0.717) is 11.7 Å². The lowest BCUT2D eigenvalue weighted by Gasteiger charge is -2.63. The van der Waals surface area contributed by atoms with Crippen LogP contribution in [0.15, 0.2) is 0 Å². The summed E-state index contributed by atoms with van der Waals surface area (Å²) in [5.74, 6) is -4.04. The van der Waals surface area contributed by atoms with Gasteiger partial charge in [-0.3, -0.25) is 14.7 Å². The van der Waals surface area contributed by atoms with Crippen LogP contribution in [0.25, 0.3) is 0 Å². The number of nitriles is 1. The number of aromatic nitrogens is 3. The maximum atomic E-state index is 14.2. The number of carbonyl (C=O) groups is 2. The Labute approximate surface area is 270 Å². The molecule has 1 aliphatic heterocycles. The molecule has 9 heteroatoms. The van der Waals surface area contributed by atoms with Crippen molar-refractivity contribution in [2.45, 2.75) is 150 Å². The minimum Gasteiger partial charge on any atom is -0.480 e. The Bertz CT molecular complexity index is 1210. The van der Waals surface area contributed by atoms with Gasteiger partial charge < -0.3 is 14.6 Å². The van der Waals surface area contributed by atoms with Gasteiger partial charge in [0.1, 0.15) is 17.8 Å². The maximum absolute atomic E-state index is 14.2. The topological polar surface area (TPSA) is 138 Å². The molecule has 0 aromatic carbocycles. The third-order valence-corrected chi connectivity index (χ3v) is 11.7. The number of rotatable bonds is 10. The second-order valence-electron chi connectivity index (χ2n) is 16.6. The van der Waals surface area contributed by atoms with Gasteiger partial charge in [0.15, 0.2) is 11.7 Å². The van der Waals surface area contributed by atoms with Crippen LogP contribution in [0.1, 0.15) is 150 Å². The van der Waals surface area contributed by atoms with Crippen LogP contribution in [0.2, 0.25) is 0 Å². The highest BCUT2D eigenvalue weighted by Crippen LogP contribution is 2.62. The predicted octanol–water partition coefficient (Wildman–Crippen LogP) is 7.79. The van der Waals surface area contributed by atoms with Crippen molar-refractivity contribution in [1.82, 2.24) is 15.2 Å². The van der Waals surface area contributed by atoms with Gasteiger partial charge in [0.05, 0.1) is 18.3 Å². The summed E-state index contributed by atoms with van der Waals surface area (Å²) >= 11 is 0. The molecule has 1 aromatic rings. The number of hydrogen-bond acceptors (Lipinski definition) is 7. The van der Waals surface area contributed by atoms with E-state index in [9.17, 15) is 20.0 Å². The van der Waals surface area contributed by atoms with Crippen LogP contribution >= 0.6 is 0 Å². The second-order valence-corrected chi connectivity index (χ2v) is 16.6. The van der Waals surface area contributed by atoms with Crippen molar-refractivity contribution in [3.8, 4) is 6.07 Å². The molecule has 2 aliphatic carbocycles. The van der Waals surface area contributed by atoms with Crippen molar-refractivity contribution in [2.75, 3.05) is 6.61 Å². The largest absolute Gasteiger partial charge is 0.480 e. The molecule has 0 bridgehead atoms. The number of hydrogen-bond donors (Lipinski definition) is 2. The quantitative estimate of drug-likeness (QED) is 0.251. The Hall–Kier alpha value is -2.47. The number of carboxylic acids is 1. The van der Waals surface area contributed by atoms with Crippen LogP contribution in [-0.4, -0.2) is 50.5 Å². The van der Waals surface area contributed by atoms with Crippen molar-refractivity contribution in [1.29, 1.82) is 5.26 Å². The first kappa shape index (κ1) is 35.4. The molecular weight excluding hydrogens is 568 g/mol. The van der Waals surface area contributed by atoms with Crippen LogP contribution in [0.3, 0.4) is 0 Å². The van der Waals surface area contributed by atoms with Crippen molar-refractivity contribution >= 4 is 11.9 Å². The highest BCUT2D eigenvalue weighted by Gasteiger charge is 2.64. The molecule has 7 atom stereocenters. The third-order valence-electron chi connectivity index (χ3n) is 11.7. The number of carbonyl (C=O) groups excluding carboxylic acids is 1. The Morgan fingerprint density at radius 1 is 1.13 bits per heavy atom. The first-order chi connectivity index (χ1) is 21.0. The number of carboxylic acid groups (broad SMARTS) is 1. The molecule has 2 saturated carbocycles. The number of unbranched alkanes of at least 4 members (excludes halogenated alkanes) is 1. The molecule has 45 heavy (non-hydrogen) atoms. The highest BCUT2D eigenvalue weighted by molar-refractivity contribution is 5.86. The van der Waals surface area contributed by atoms with Gasteiger partial charge in [-0.1, -0.05) is 88.0 Å². The number of nitrogens with one attached hydrogen (secondary N) is 1. The van der Waals surface area contributed by atoms with E-state index in [1.54, 1.807) is 0 Å². The van der Waals surface area contributed by atoms with Crippen LogP contribution in [0.4, 0.5) is 0 Å². The maximum Gasteiger partial charge on any atom is 0.322 e. The van der Waals surface area contributed by atoms with Crippen LogP contribution in [-0.2, 0) is 19.1 Å². The first-order valence-electron chi connectivity index (χ1n) is 17.4. The number of aromatic amines is 1. The molecule has 3 aliphatic rings. The summed E-state index contributed by atoms with van der Waals surface area (Å²) in [7, 11) is 0. The lowest BCUT2D eigenvalue weighted by atomic mass is 9.54. The Morgan fingerprint density at radius 2 is 1.78 bits per heavy atom. The van der Waals surface area contributed by atoms with E-state index in [-0.39, 0.29) is 45.4 Å². The molecule has 1 saturated heterocycles. The van der Waals surface area contributed by atoms with Crippen LogP contribution in [0, 0.1) is 51.2 Å². The summed E-state index contributed by atoms with van der Waals surface area (Å²) in [6, 6.07) is 1.86. The van der Waals surface area contributed by atoms with Gasteiger partial charge in [-0.15, -0.1) is 0 Å². The summed E-state index contributed by atoms with van der Waals surface area (Å²) in [6.07, 6.45) is 9.68. The zero-order valence-corrected chi connectivity index (χ0v) is 29.2. The Balaban J connectivity index is 1.71. The molecule has 2 N–H and O–H groups in total. The fourth-order valence-corrected chi connectivity index (χ4v) is 8.97. The van der Waals surface area contributed by atoms with Crippen LogP contribution in [0.5, 0.6) is 0 Å². The first-order valence-corrected chi connectivity index (χ1v) is 17.4. The molecule has 252 valence electrons. The molecule has 7 unspecified atom stereocenters. The summed E-state index contributed by atoms with van der Waals surface area (Å²) in [6.45, 7) is 20.5. The molecule has 1 spiro atoms. The highest BCUT2D eigenvalue weighted by atomic mass is 16.5. The minimum absolute atomic E-state index is 0.0171. The molecule has 0 radical (unpaired) electrons. The summed E-state index contributed by atoms with van der Waals surface area (Å²) in [5.41, 5.74) is -0.585. The van der Waals surface area contributed by atoms with E-state index >= 15 is 0 Å². The second kappa shape index (κ2) is 13.3. The van der Waals surface area contributed by atoms with Crippen molar-refractivity contribution < 1.29 is 24.2 Å². The van der Waals surface area contributed by atoms with Crippen molar-refractivity contribution in [3.63, 3.8) is 0 Å². The van der Waals surface area contributed by atoms with Gasteiger partial charge in [0.25, 0.3) is 0 Å². The number of ether oxygens (including phenoxy) is 2. The molecule has 9 nitrogen and oxygen atoms in total. The predicted molar refractivity (Wildman–Crippen MR) is 172 cm³/mol. The average molecular weight is 627 g/mol. The Morgan fingerprint density at radius 3 is 2.27 bits per heavy atom. The number of aliphatic carboxylic acids is 1. The molecule has 2 heterocycles. The SMILES string of the molecule is CCCCC1(CC)COC12CCCCC2c1nc(C(C(=O)OC2C(C(C)(C)C)CC(C)CC2C(C)(C)C)C(C#N)C(=O)O)n[nH]1. The molecule has 4 rings (SSSR count). The standard InChI is InChI=1S/C36H58N4O5/c1-10-12-16-35(11-2)21-44-36(35)17-14-13-15-24(36)29-38-30(40-39-29)27(23(20-37)31(41)42)32(43)45-28-25(33(4,5)6)18-22(3)19-26(28)34(7,8)9/h22-28H,10-19,21H2,1-9H3,(H,41,42)(H,38,39,40). The van der Waals surface area contributed by atoms with Gasteiger partial charge in [0, 0.05) is 23.2 Å². The molecular formula is C36H58N4O5. The van der Waals surface area contributed by atoms with E-state index in [1.165, 1.54) is 0 Å². The summed E-state index contributed by atoms with van der Waals surface area (Å²) in [5, 5.41) is 27.7. The average Bonchev–Trinajstić information content (AvgIpc) is 3.44. The Kier molecular flexibility index (Phi) is 10.5. The van der Waals surface area contributed by atoms with E-state index in [1.807, 2.05) is 6.07 Å². The van der Waals surface area contributed by atoms with Gasteiger partial charge in [-0.2, -0.15) is 10.4 Å². The zero-order chi connectivity index (χ0) is 33.4. The lowest BCUT2D eigenvalue weighted by molar-refractivity contribution is -0.295. The van der Waals surface area contributed by atoms with Crippen LogP contribution < -0.4 is 0 Å². The fourth-order valence-electron chi connectivity index (χ4n) is 8.97. The molecule has 1 aromatic heterocycles. The van der Waals surface area contributed by atoms with Gasteiger partial charge >= 0.3 is 11.9 Å². The number of esters is 1. The summed E-state index contributed by atoms with van der Waals surface area (Å²) in [4.78, 5) is 31.5. The smallest absolute Gasteiger partial charge is 0.322 e. The fraction of sp³-hybridized carbons (Fsp3) is 0.861. The van der Waals surface area contributed by atoms with E-state index < -0.39 is 29.9 Å². The van der Waals surface area contributed by atoms with Crippen molar-refractivity contribution in [3.05, 3.63) is 11.6 Å². The molecule has 0 amide bonds. The van der Waals surface area contributed by atoms with Gasteiger partial charge in [-0.25, -0.2) is 4.98 Å². The van der Waals surface area contributed by atoms with Crippen molar-refractivity contribution in [2.24, 2.45) is 39.9 Å². The van der Waals surface area contributed by atoms with Gasteiger partial charge in [-0.05, 0) is 55.3 Å². The van der Waals surface area contributed by atoms with E-state index in [0.717, 1.165) is 70.8 Å². The monoisotopic (exact) mass is 626 g/mol. The number of H-pyrrole nitrogens is 1. The number of nitrogens with zero attached hydrogens (tertiary/aromatic N) is 3. The lowest BCUT2D eigenvalue weighted by Crippen LogP contribution is -2.66. The minimum atomic E-state index is -1.68.